The smallest absolute Gasteiger partial charge is 0.362 e. The van der Waals surface area contributed by atoms with Crippen LogP contribution in [-0.4, -0.2) is 22.2 Å². The van der Waals surface area contributed by atoms with Crippen LogP contribution in [0.15, 0.2) is 0 Å². The van der Waals surface area contributed by atoms with Gasteiger partial charge in [0.2, 0.25) is 0 Å². The zero-order valence-corrected chi connectivity index (χ0v) is 10.3. The fraction of sp³-hybridized carbons (Fsp3) is 1.00. The molecule has 84 valence electrons. The van der Waals surface area contributed by atoms with Crippen molar-refractivity contribution in [2.75, 3.05) is 0 Å². The summed E-state index contributed by atoms with van der Waals surface area (Å²) in [4.78, 5) is 0. The van der Waals surface area contributed by atoms with E-state index in [0.29, 0.717) is 6.42 Å². The molecule has 1 rings (SSSR count). The van der Waals surface area contributed by atoms with Crippen LogP contribution in [0, 0.1) is 0 Å². The fourth-order valence-corrected chi connectivity index (χ4v) is 4.08. The molecule has 0 saturated carbocycles. The van der Waals surface area contributed by atoms with Gasteiger partial charge in [-0.1, -0.05) is 0 Å². The second-order valence-corrected chi connectivity index (χ2v) is 7.25. The van der Waals surface area contributed by atoms with Gasteiger partial charge in [-0.05, 0) is 34.6 Å². The summed E-state index contributed by atoms with van der Waals surface area (Å²) in [5.74, 6) is 0. The highest BCUT2D eigenvalue weighted by Gasteiger charge is 2.58. The van der Waals surface area contributed by atoms with E-state index in [0.717, 1.165) is 0 Å². The molecule has 0 aromatic heterocycles. The number of hydrogen-bond donors (Lipinski definition) is 1. The van der Waals surface area contributed by atoms with Gasteiger partial charge in [-0.3, -0.25) is 4.57 Å². The Morgan fingerprint density at radius 2 is 1.93 bits per heavy atom. The maximum atomic E-state index is 12.2. The van der Waals surface area contributed by atoms with E-state index < -0.39 is 18.5 Å². The van der Waals surface area contributed by atoms with E-state index in [1.54, 1.807) is 27.7 Å². The Morgan fingerprint density at radius 1 is 1.43 bits per heavy atom. The quantitative estimate of drug-likeness (QED) is 0.729. The molecule has 0 spiro atoms. The molecule has 1 fully saturated rings. The summed E-state index contributed by atoms with van der Waals surface area (Å²) in [6.45, 7) is 8.63. The van der Waals surface area contributed by atoms with Gasteiger partial charge < -0.3 is 14.2 Å². The van der Waals surface area contributed by atoms with Crippen molar-refractivity contribution in [3.8, 4) is 0 Å². The maximum Gasteiger partial charge on any atom is 0.362 e. The fourth-order valence-electron chi connectivity index (χ4n) is 1.77. The Balaban J connectivity index is 2.94. The molecule has 14 heavy (non-hydrogen) atoms. The third-order valence-electron chi connectivity index (χ3n) is 2.07. The summed E-state index contributed by atoms with van der Waals surface area (Å²) in [7, 11) is -3.40. The second-order valence-electron chi connectivity index (χ2n) is 4.90. The first kappa shape index (κ1) is 12.2. The van der Waals surface area contributed by atoms with Crippen LogP contribution in [0.1, 0.15) is 41.0 Å². The molecule has 1 saturated heterocycles. The Bertz CT molecular complexity index is 270. The normalized spacial score (nSPS) is 41.9. The summed E-state index contributed by atoms with van der Waals surface area (Å²) in [5.41, 5.74) is -0.589. The van der Waals surface area contributed by atoms with E-state index in [2.05, 4.69) is 0 Å². The van der Waals surface area contributed by atoms with Crippen molar-refractivity contribution in [3.05, 3.63) is 0 Å². The minimum atomic E-state index is -3.40. The molecule has 1 heterocycles. The third-order valence-corrected chi connectivity index (χ3v) is 4.84. The van der Waals surface area contributed by atoms with Gasteiger partial charge in [0.05, 0.1) is 11.7 Å². The highest BCUT2D eigenvalue weighted by Crippen LogP contribution is 2.69. The summed E-state index contributed by atoms with van der Waals surface area (Å²) in [5, 5.41) is 8.61. The van der Waals surface area contributed by atoms with Crippen LogP contribution in [0.4, 0.5) is 0 Å². The van der Waals surface area contributed by atoms with Crippen molar-refractivity contribution in [2.45, 2.75) is 58.1 Å². The average Bonchev–Trinajstić information content (AvgIpc) is 1.91. The van der Waals surface area contributed by atoms with Crippen LogP contribution >= 0.6 is 7.60 Å². The van der Waals surface area contributed by atoms with Gasteiger partial charge in [-0.15, -0.1) is 0 Å². The lowest BCUT2D eigenvalue weighted by molar-refractivity contribution is 0.0914. The first-order valence-corrected chi connectivity index (χ1v) is 6.34. The van der Waals surface area contributed by atoms with Crippen molar-refractivity contribution in [3.63, 3.8) is 0 Å². The molecular formula is C9H19O4P. The molecule has 0 bridgehead atoms. The third kappa shape index (κ3) is 2.19. The van der Waals surface area contributed by atoms with E-state index in [4.69, 9.17) is 9.05 Å². The lowest BCUT2D eigenvalue weighted by Gasteiger charge is -2.25. The van der Waals surface area contributed by atoms with Gasteiger partial charge in [0.25, 0.3) is 0 Å². The Morgan fingerprint density at radius 3 is 2.21 bits per heavy atom. The van der Waals surface area contributed by atoms with E-state index >= 15 is 0 Å². The molecule has 0 aromatic carbocycles. The molecule has 0 aromatic rings. The Labute approximate surface area is 85.1 Å². The van der Waals surface area contributed by atoms with Gasteiger partial charge in [-0.2, -0.15) is 0 Å². The first-order chi connectivity index (χ1) is 6.08. The standard InChI is InChI=1S/C9H19O4P/c1-7(2)12-14(11)9(5,10)6-8(3,4)13-14/h7,10H,6H2,1-5H3. The van der Waals surface area contributed by atoms with Crippen molar-refractivity contribution in [2.24, 2.45) is 0 Å². The van der Waals surface area contributed by atoms with E-state index in [1.165, 1.54) is 6.92 Å². The molecule has 0 aliphatic carbocycles. The predicted molar refractivity (Wildman–Crippen MR) is 54.2 cm³/mol. The van der Waals surface area contributed by atoms with Crippen molar-refractivity contribution >= 4 is 7.60 Å². The topological polar surface area (TPSA) is 55.8 Å². The lowest BCUT2D eigenvalue weighted by Crippen LogP contribution is -2.25. The molecule has 2 unspecified atom stereocenters. The molecule has 0 amide bonds. The number of aliphatic hydroxyl groups is 1. The van der Waals surface area contributed by atoms with Crippen LogP contribution in [0.5, 0.6) is 0 Å². The maximum absolute atomic E-state index is 12.2. The molecule has 1 N–H and O–H groups in total. The largest absolute Gasteiger partial charge is 0.377 e. The van der Waals surface area contributed by atoms with E-state index in [-0.39, 0.29) is 6.10 Å². The highest BCUT2D eigenvalue weighted by molar-refractivity contribution is 7.55. The highest BCUT2D eigenvalue weighted by atomic mass is 31.2. The minimum Gasteiger partial charge on any atom is -0.377 e. The molecule has 1 aliphatic rings. The first-order valence-electron chi connectivity index (χ1n) is 4.80. The van der Waals surface area contributed by atoms with Crippen LogP contribution in [0.2, 0.25) is 0 Å². The zero-order chi connectivity index (χ0) is 11.2. The molecule has 1 aliphatic heterocycles. The summed E-state index contributed by atoms with van der Waals surface area (Å²) < 4.78 is 22.8. The number of hydrogen-bond acceptors (Lipinski definition) is 4. The molecule has 5 heteroatoms. The summed E-state index contributed by atoms with van der Waals surface area (Å²) in [6, 6.07) is 0. The van der Waals surface area contributed by atoms with Crippen molar-refractivity contribution in [1.82, 2.24) is 0 Å². The van der Waals surface area contributed by atoms with Gasteiger partial charge in [0, 0.05) is 6.42 Å². The Hall–Kier alpha value is 0.110. The summed E-state index contributed by atoms with van der Waals surface area (Å²) >= 11 is 0. The molecule has 4 nitrogen and oxygen atoms in total. The van der Waals surface area contributed by atoms with Crippen molar-refractivity contribution < 1.29 is 18.7 Å². The average molecular weight is 222 g/mol. The van der Waals surface area contributed by atoms with Crippen molar-refractivity contribution in [1.29, 1.82) is 0 Å². The van der Waals surface area contributed by atoms with Crippen LogP contribution < -0.4 is 0 Å². The Kier molecular flexibility index (Phi) is 2.88. The van der Waals surface area contributed by atoms with E-state index in [9.17, 15) is 9.67 Å². The molecule has 2 atom stereocenters. The van der Waals surface area contributed by atoms with Gasteiger partial charge in [0.1, 0.15) is 0 Å². The van der Waals surface area contributed by atoms with Gasteiger partial charge >= 0.3 is 7.60 Å². The molecule has 0 radical (unpaired) electrons. The lowest BCUT2D eigenvalue weighted by atomic mass is 10.0. The second kappa shape index (κ2) is 3.31. The van der Waals surface area contributed by atoms with Crippen LogP contribution in [0.25, 0.3) is 0 Å². The van der Waals surface area contributed by atoms with E-state index in [1.807, 2.05) is 0 Å². The van der Waals surface area contributed by atoms with Crippen LogP contribution in [0.3, 0.4) is 0 Å². The SMILES string of the molecule is CC(C)OP1(=O)OC(C)(C)CC1(C)O. The van der Waals surface area contributed by atoms with Gasteiger partial charge in [-0.25, -0.2) is 0 Å². The zero-order valence-electron chi connectivity index (χ0n) is 9.40. The monoisotopic (exact) mass is 222 g/mol. The van der Waals surface area contributed by atoms with Gasteiger partial charge in [0.15, 0.2) is 5.34 Å². The van der Waals surface area contributed by atoms with Crippen LogP contribution in [-0.2, 0) is 13.6 Å². The minimum absolute atomic E-state index is 0.221. The molecular weight excluding hydrogens is 203 g/mol. The predicted octanol–water partition coefficient (Wildman–Crippen LogP) is 2.51. The number of rotatable bonds is 2. The summed E-state index contributed by atoms with van der Waals surface area (Å²) in [6.07, 6.45) is 0.102.